The van der Waals surface area contributed by atoms with Crippen molar-refractivity contribution in [2.24, 2.45) is 0 Å². The Balaban J connectivity index is 1.70. The molecular weight excluding hydrogens is 450 g/mol. The molecule has 6 rings (SSSR count). The molecule has 0 aliphatic rings. The van der Waals surface area contributed by atoms with Gasteiger partial charge in [0.25, 0.3) is 0 Å². The number of benzene rings is 5. The van der Waals surface area contributed by atoms with Gasteiger partial charge in [0, 0.05) is 29.1 Å². The fraction of sp³-hybridized carbons (Fsp3) is 0. The predicted octanol–water partition coefficient (Wildman–Crippen LogP) is 8.41. The summed E-state index contributed by atoms with van der Waals surface area (Å²) < 4.78 is 2.15. The van der Waals surface area contributed by atoms with Gasteiger partial charge in [-0.05, 0) is 46.5 Å². The molecular formula is C34H23N3. The van der Waals surface area contributed by atoms with Crippen LogP contribution < -0.4 is 0 Å². The topological polar surface area (TPSA) is 41.6 Å². The highest BCUT2D eigenvalue weighted by Gasteiger charge is 2.20. The Morgan fingerprint density at radius 2 is 1.08 bits per heavy atom. The van der Waals surface area contributed by atoms with Crippen molar-refractivity contribution in [1.29, 1.82) is 5.26 Å². The third kappa shape index (κ3) is 4.33. The molecule has 0 aliphatic carbocycles. The molecule has 0 N–H and O–H groups in total. The molecule has 3 heteroatoms. The lowest BCUT2D eigenvalue weighted by atomic mass is 9.90. The zero-order valence-electron chi connectivity index (χ0n) is 20.1. The van der Waals surface area contributed by atoms with Gasteiger partial charge in [-0.25, -0.2) is 4.98 Å². The minimum absolute atomic E-state index is 0.609. The largest absolute Gasteiger partial charge is 0.299 e. The Morgan fingerprint density at radius 1 is 0.541 bits per heavy atom. The first-order valence-electron chi connectivity index (χ1n) is 12.2. The summed E-state index contributed by atoms with van der Waals surface area (Å²) in [5.41, 5.74) is 9.33. The van der Waals surface area contributed by atoms with Gasteiger partial charge in [0.1, 0.15) is 5.82 Å². The molecule has 0 atom stereocenters. The standard InChI is InChI=1S/C34H23N3/c35-24-25-11-10-18-29(21-25)34-36-19-20-37(34)33-31(27-14-6-2-7-15-27)22-30(26-12-4-1-5-13-26)23-32(33)28-16-8-3-9-17-28/h1-23H. The lowest BCUT2D eigenvalue weighted by Gasteiger charge is -2.21. The minimum atomic E-state index is 0.609. The van der Waals surface area contributed by atoms with Gasteiger partial charge in [-0.3, -0.25) is 4.57 Å². The summed E-state index contributed by atoms with van der Waals surface area (Å²) in [6.07, 6.45) is 3.83. The average molecular weight is 474 g/mol. The number of hydrogen-bond donors (Lipinski definition) is 0. The van der Waals surface area contributed by atoms with E-state index in [1.807, 2.05) is 54.9 Å². The fourth-order valence-corrected chi connectivity index (χ4v) is 4.79. The van der Waals surface area contributed by atoms with Crippen LogP contribution >= 0.6 is 0 Å². The first-order valence-corrected chi connectivity index (χ1v) is 12.2. The van der Waals surface area contributed by atoms with E-state index in [-0.39, 0.29) is 0 Å². The molecule has 0 bridgehead atoms. The molecule has 0 fully saturated rings. The maximum Gasteiger partial charge on any atom is 0.144 e. The van der Waals surface area contributed by atoms with E-state index in [2.05, 4.69) is 95.6 Å². The molecule has 0 radical (unpaired) electrons. The second-order valence-corrected chi connectivity index (χ2v) is 8.83. The number of hydrogen-bond acceptors (Lipinski definition) is 2. The average Bonchev–Trinajstić information content (AvgIpc) is 3.47. The van der Waals surface area contributed by atoms with Crippen molar-refractivity contribution >= 4 is 0 Å². The second kappa shape index (κ2) is 9.81. The third-order valence-electron chi connectivity index (χ3n) is 6.52. The highest BCUT2D eigenvalue weighted by Crippen LogP contribution is 2.41. The van der Waals surface area contributed by atoms with E-state index in [1.54, 1.807) is 0 Å². The zero-order valence-corrected chi connectivity index (χ0v) is 20.1. The molecule has 0 aliphatic heterocycles. The first-order chi connectivity index (χ1) is 18.3. The Hall–Kier alpha value is -5.20. The van der Waals surface area contributed by atoms with Crippen molar-refractivity contribution in [3.8, 4) is 56.5 Å². The van der Waals surface area contributed by atoms with Gasteiger partial charge in [0.2, 0.25) is 0 Å². The van der Waals surface area contributed by atoms with Crippen molar-refractivity contribution in [3.63, 3.8) is 0 Å². The smallest absolute Gasteiger partial charge is 0.144 e. The van der Waals surface area contributed by atoms with E-state index in [0.29, 0.717) is 5.56 Å². The molecule has 1 aromatic heterocycles. The monoisotopic (exact) mass is 473 g/mol. The number of nitrogens with zero attached hydrogens (tertiary/aromatic N) is 3. The Kier molecular flexibility index (Phi) is 5.91. The highest BCUT2D eigenvalue weighted by atomic mass is 15.1. The van der Waals surface area contributed by atoms with Crippen LogP contribution in [-0.2, 0) is 0 Å². The van der Waals surface area contributed by atoms with E-state index in [0.717, 1.165) is 50.5 Å². The van der Waals surface area contributed by atoms with Crippen molar-refractivity contribution in [2.45, 2.75) is 0 Å². The Morgan fingerprint density at radius 3 is 1.65 bits per heavy atom. The van der Waals surface area contributed by atoms with E-state index in [4.69, 9.17) is 4.98 Å². The fourth-order valence-electron chi connectivity index (χ4n) is 4.79. The molecule has 0 spiro atoms. The maximum absolute atomic E-state index is 9.49. The molecule has 174 valence electrons. The summed E-state index contributed by atoms with van der Waals surface area (Å²) in [5, 5.41) is 9.49. The number of nitriles is 1. The Labute approximate surface area is 216 Å². The van der Waals surface area contributed by atoms with Crippen LogP contribution in [0.5, 0.6) is 0 Å². The third-order valence-corrected chi connectivity index (χ3v) is 6.52. The summed E-state index contributed by atoms with van der Waals surface area (Å²) in [5.74, 6) is 0.791. The summed E-state index contributed by atoms with van der Waals surface area (Å²) >= 11 is 0. The molecule has 0 amide bonds. The van der Waals surface area contributed by atoms with Crippen LogP contribution in [0.15, 0.2) is 140 Å². The van der Waals surface area contributed by atoms with Crippen LogP contribution in [0.1, 0.15) is 5.56 Å². The molecule has 0 unspecified atom stereocenters. The molecule has 1 heterocycles. The number of imidazole rings is 1. The Bertz CT molecular complexity index is 1650. The lowest BCUT2D eigenvalue weighted by molar-refractivity contribution is 1.07. The maximum atomic E-state index is 9.49. The summed E-state index contributed by atoms with van der Waals surface area (Å²) in [6, 6.07) is 45.8. The molecule has 0 saturated carbocycles. The second-order valence-electron chi connectivity index (χ2n) is 8.83. The quantitative estimate of drug-likeness (QED) is 0.252. The first kappa shape index (κ1) is 22.3. The summed E-state index contributed by atoms with van der Waals surface area (Å²) in [7, 11) is 0. The van der Waals surface area contributed by atoms with Crippen molar-refractivity contribution in [3.05, 3.63) is 145 Å². The summed E-state index contributed by atoms with van der Waals surface area (Å²) in [4.78, 5) is 4.74. The van der Waals surface area contributed by atoms with Gasteiger partial charge < -0.3 is 0 Å². The lowest BCUT2D eigenvalue weighted by Crippen LogP contribution is -2.03. The van der Waals surface area contributed by atoms with Gasteiger partial charge in [-0.1, -0.05) is 103 Å². The van der Waals surface area contributed by atoms with E-state index in [1.165, 1.54) is 0 Å². The highest BCUT2D eigenvalue weighted by molar-refractivity contribution is 5.91. The van der Waals surface area contributed by atoms with Crippen LogP contribution in [0.4, 0.5) is 0 Å². The van der Waals surface area contributed by atoms with Gasteiger partial charge in [-0.2, -0.15) is 5.26 Å². The minimum Gasteiger partial charge on any atom is -0.299 e. The predicted molar refractivity (Wildman–Crippen MR) is 150 cm³/mol. The zero-order chi connectivity index (χ0) is 25.0. The van der Waals surface area contributed by atoms with Crippen LogP contribution in [0.3, 0.4) is 0 Å². The van der Waals surface area contributed by atoms with Crippen LogP contribution in [0.2, 0.25) is 0 Å². The normalized spacial score (nSPS) is 10.7. The molecule has 3 nitrogen and oxygen atoms in total. The number of aromatic nitrogens is 2. The van der Waals surface area contributed by atoms with E-state index >= 15 is 0 Å². The molecule has 37 heavy (non-hydrogen) atoms. The van der Waals surface area contributed by atoms with Gasteiger partial charge >= 0.3 is 0 Å². The van der Waals surface area contributed by atoms with Crippen molar-refractivity contribution in [1.82, 2.24) is 9.55 Å². The molecule has 0 saturated heterocycles. The van der Waals surface area contributed by atoms with Crippen LogP contribution in [-0.4, -0.2) is 9.55 Å². The summed E-state index contributed by atoms with van der Waals surface area (Å²) in [6.45, 7) is 0. The van der Waals surface area contributed by atoms with E-state index in [9.17, 15) is 5.26 Å². The van der Waals surface area contributed by atoms with Gasteiger partial charge in [0.15, 0.2) is 0 Å². The van der Waals surface area contributed by atoms with Crippen molar-refractivity contribution in [2.75, 3.05) is 0 Å². The van der Waals surface area contributed by atoms with Gasteiger partial charge in [-0.15, -0.1) is 0 Å². The molecule has 5 aromatic carbocycles. The van der Waals surface area contributed by atoms with Crippen LogP contribution in [0.25, 0.3) is 50.5 Å². The number of rotatable bonds is 5. The van der Waals surface area contributed by atoms with Crippen molar-refractivity contribution < 1.29 is 0 Å². The van der Waals surface area contributed by atoms with Crippen LogP contribution in [0, 0.1) is 11.3 Å². The van der Waals surface area contributed by atoms with E-state index < -0.39 is 0 Å². The molecule has 6 aromatic rings. The van der Waals surface area contributed by atoms with Gasteiger partial charge in [0.05, 0.1) is 17.3 Å². The SMILES string of the molecule is N#Cc1cccc(-c2nccn2-c2c(-c3ccccc3)cc(-c3ccccc3)cc2-c2ccccc2)c1.